The van der Waals surface area contributed by atoms with Crippen molar-refractivity contribution in [3.63, 3.8) is 0 Å². The Balaban J connectivity index is 1.18. The molecule has 1 heterocycles. The molecule has 0 spiro atoms. The molecule has 2 aliphatic rings. The number of methoxy groups -OCH3 is 1. The second-order valence-electron chi connectivity index (χ2n) is 9.20. The van der Waals surface area contributed by atoms with Crippen molar-refractivity contribution in [3.05, 3.63) is 100 Å². The number of ether oxygens (including phenoxy) is 2. The van der Waals surface area contributed by atoms with Crippen molar-refractivity contribution in [3.8, 4) is 5.75 Å². The molecule has 1 aliphatic carbocycles. The molecule has 2 atom stereocenters. The van der Waals surface area contributed by atoms with Crippen molar-refractivity contribution in [2.45, 2.75) is 50.9 Å². The maximum atomic E-state index is 13.1. The summed E-state index contributed by atoms with van der Waals surface area (Å²) in [6, 6.07) is 21.5. The molecule has 0 saturated carbocycles. The number of esters is 1. The summed E-state index contributed by atoms with van der Waals surface area (Å²) in [5.41, 5.74) is 6.40. The van der Waals surface area contributed by atoms with Crippen LogP contribution in [0.15, 0.2) is 66.7 Å². The summed E-state index contributed by atoms with van der Waals surface area (Å²) in [6.07, 6.45) is 3.82. The molecule has 2 N–H and O–H groups in total. The Morgan fingerprint density at radius 3 is 2.66 bits per heavy atom. The second-order valence-corrected chi connectivity index (χ2v) is 9.20. The van der Waals surface area contributed by atoms with E-state index in [0.29, 0.717) is 25.1 Å². The molecule has 0 aromatic heterocycles. The fraction of sp³-hybridized carbons (Fsp3) is 0.310. The summed E-state index contributed by atoms with van der Waals surface area (Å²) in [5, 5.41) is 6.69. The smallest absolute Gasteiger partial charge is 0.337 e. The van der Waals surface area contributed by atoms with E-state index in [1.165, 1.54) is 23.8 Å². The van der Waals surface area contributed by atoms with Crippen molar-refractivity contribution in [2.75, 3.05) is 7.11 Å². The normalized spacial score (nSPS) is 18.7. The van der Waals surface area contributed by atoms with Crippen LogP contribution in [0.5, 0.6) is 5.75 Å². The molecule has 0 radical (unpaired) electrons. The fourth-order valence-corrected chi connectivity index (χ4v) is 4.96. The van der Waals surface area contributed by atoms with Crippen LogP contribution in [0.3, 0.4) is 0 Å². The first-order chi connectivity index (χ1) is 17.1. The number of nitrogens with one attached hydrogen (secondary N) is 2. The Morgan fingerprint density at radius 1 is 1.00 bits per heavy atom. The van der Waals surface area contributed by atoms with Crippen LogP contribution in [0.4, 0.5) is 0 Å². The number of aryl methyl sites for hydroxylation is 1. The van der Waals surface area contributed by atoms with Gasteiger partial charge in [-0.3, -0.25) is 4.79 Å². The van der Waals surface area contributed by atoms with E-state index >= 15 is 0 Å². The number of hydrogen-bond acceptors (Lipinski definition) is 5. The number of carbonyl (C=O) groups is 2. The van der Waals surface area contributed by atoms with Crippen molar-refractivity contribution < 1.29 is 19.1 Å². The van der Waals surface area contributed by atoms with Gasteiger partial charge in [0.15, 0.2) is 0 Å². The van der Waals surface area contributed by atoms with Crippen molar-refractivity contribution in [1.82, 2.24) is 10.6 Å². The van der Waals surface area contributed by atoms with Crippen molar-refractivity contribution in [1.29, 1.82) is 0 Å². The molecule has 180 valence electrons. The molecule has 6 nitrogen and oxygen atoms in total. The highest BCUT2D eigenvalue weighted by Crippen LogP contribution is 2.30. The van der Waals surface area contributed by atoms with Gasteiger partial charge in [0.25, 0.3) is 0 Å². The van der Waals surface area contributed by atoms with Gasteiger partial charge in [-0.25, -0.2) is 4.79 Å². The number of hydrogen-bond donors (Lipinski definition) is 2. The highest BCUT2D eigenvalue weighted by atomic mass is 16.5. The van der Waals surface area contributed by atoms with Gasteiger partial charge in [-0.1, -0.05) is 42.5 Å². The molecule has 0 fully saturated rings. The predicted octanol–water partition coefficient (Wildman–Crippen LogP) is 4.26. The van der Waals surface area contributed by atoms with Crippen LogP contribution in [-0.4, -0.2) is 25.0 Å². The number of carbonyl (C=O) groups excluding carboxylic acids is 2. The zero-order valence-electron chi connectivity index (χ0n) is 19.9. The summed E-state index contributed by atoms with van der Waals surface area (Å²) in [7, 11) is 1.37. The standard InChI is InChI=1S/C29H30N2O4/c1-34-29(33)21-11-9-19(10-12-21)18-35-24-14-13-22-16-27(30-17-23(22)15-24)28(32)31-26-8-4-6-20-5-2-3-7-25(20)26/h2-3,5,7,9-15,26-27,30H,4,6,8,16-18H2,1H3,(H,31,32)/t26?,27-/m0/s1. The maximum absolute atomic E-state index is 13.1. The predicted molar refractivity (Wildman–Crippen MR) is 133 cm³/mol. The van der Waals surface area contributed by atoms with Gasteiger partial charge in [-0.05, 0) is 77.8 Å². The fourth-order valence-electron chi connectivity index (χ4n) is 4.96. The largest absolute Gasteiger partial charge is 0.489 e. The van der Waals surface area contributed by atoms with Gasteiger partial charge < -0.3 is 20.1 Å². The summed E-state index contributed by atoms with van der Waals surface area (Å²) < 4.78 is 10.7. The lowest BCUT2D eigenvalue weighted by Crippen LogP contribution is -2.48. The van der Waals surface area contributed by atoms with Crippen molar-refractivity contribution >= 4 is 11.9 Å². The minimum Gasteiger partial charge on any atom is -0.489 e. The molecule has 1 unspecified atom stereocenters. The summed E-state index contributed by atoms with van der Waals surface area (Å²) >= 11 is 0. The Morgan fingerprint density at radius 2 is 1.83 bits per heavy atom. The van der Waals surface area contributed by atoms with Crippen LogP contribution in [-0.2, 0) is 35.5 Å². The number of benzene rings is 3. The van der Waals surface area contributed by atoms with Gasteiger partial charge in [-0.2, -0.15) is 0 Å². The zero-order chi connectivity index (χ0) is 24.2. The first kappa shape index (κ1) is 23.1. The third kappa shape index (κ3) is 5.23. The third-order valence-corrected chi connectivity index (χ3v) is 6.92. The van der Waals surface area contributed by atoms with Gasteiger partial charge in [0.05, 0.1) is 24.8 Å². The number of fused-ring (bicyclic) bond motifs is 2. The lowest BCUT2D eigenvalue weighted by molar-refractivity contribution is -0.124. The van der Waals surface area contributed by atoms with E-state index in [9.17, 15) is 9.59 Å². The molecular formula is C29H30N2O4. The summed E-state index contributed by atoms with van der Waals surface area (Å²) in [5.74, 6) is 0.493. The quantitative estimate of drug-likeness (QED) is 0.527. The van der Waals surface area contributed by atoms with Crippen LogP contribution < -0.4 is 15.4 Å². The van der Waals surface area contributed by atoms with E-state index in [1.54, 1.807) is 12.1 Å². The van der Waals surface area contributed by atoms with Crippen LogP contribution in [0.2, 0.25) is 0 Å². The molecule has 3 aromatic rings. The first-order valence-corrected chi connectivity index (χ1v) is 12.1. The Hall–Kier alpha value is -3.64. The SMILES string of the molecule is COC(=O)c1ccc(COc2ccc3c(c2)CN[C@H](C(=O)NC2CCCc4ccccc42)C3)cc1. The Bertz CT molecular complexity index is 1220. The average Bonchev–Trinajstić information content (AvgIpc) is 2.91. The minimum atomic E-state index is -0.352. The Kier molecular flexibility index (Phi) is 6.82. The second kappa shape index (κ2) is 10.3. The average molecular weight is 471 g/mol. The minimum absolute atomic E-state index is 0.0630. The highest BCUT2D eigenvalue weighted by Gasteiger charge is 2.28. The molecule has 6 heteroatoms. The van der Waals surface area contributed by atoms with Gasteiger partial charge in [0.2, 0.25) is 5.91 Å². The van der Waals surface area contributed by atoms with Crippen molar-refractivity contribution in [2.24, 2.45) is 0 Å². The Labute approximate surface area is 205 Å². The first-order valence-electron chi connectivity index (χ1n) is 12.1. The van der Waals surface area contributed by atoms with E-state index in [1.807, 2.05) is 24.3 Å². The van der Waals surface area contributed by atoms with Gasteiger partial charge >= 0.3 is 5.97 Å². The topological polar surface area (TPSA) is 76.7 Å². The molecule has 0 bridgehead atoms. The molecule has 1 aliphatic heterocycles. The van der Waals surface area contributed by atoms with E-state index in [4.69, 9.17) is 9.47 Å². The van der Waals surface area contributed by atoms with Crippen LogP contribution >= 0.6 is 0 Å². The van der Waals surface area contributed by atoms with Crippen LogP contribution in [0, 0.1) is 0 Å². The van der Waals surface area contributed by atoms with E-state index < -0.39 is 0 Å². The zero-order valence-corrected chi connectivity index (χ0v) is 19.9. The lowest BCUT2D eigenvalue weighted by Gasteiger charge is -2.30. The molecule has 3 aromatic carbocycles. The lowest BCUT2D eigenvalue weighted by atomic mass is 9.87. The third-order valence-electron chi connectivity index (χ3n) is 6.92. The van der Waals surface area contributed by atoms with Gasteiger partial charge in [-0.15, -0.1) is 0 Å². The van der Waals surface area contributed by atoms with Gasteiger partial charge in [0, 0.05) is 6.54 Å². The van der Waals surface area contributed by atoms with Gasteiger partial charge in [0.1, 0.15) is 12.4 Å². The van der Waals surface area contributed by atoms with Crippen LogP contribution in [0.25, 0.3) is 0 Å². The molecular weight excluding hydrogens is 440 g/mol. The number of amides is 1. The molecule has 0 saturated heterocycles. The summed E-state index contributed by atoms with van der Waals surface area (Å²) in [6.45, 7) is 1.03. The molecule has 1 amide bonds. The number of rotatable bonds is 6. The summed E-state index contributed by atoms with van der Waals surface area (Å²) in [4.78, 5) is 24.6. The monoisotopic (exact) mass is 470 g/mol. The van der Waals surface area contributed by atoms with E-state index in [0.717, 1.165) is 36.1 Å². The molecule has 5 rings (SSSR count). The maximum Gasteiger partial charge on any atom is 0.337 e. The highest BCUT2D eigenvalue weighted by molar-refractivity contribution is 5.89. The van der Waals surface area contributed by atoms with Crippen LogP contribution in [0.1, 0.15) is 57.1 Å². The van der Waals surface area contributed by atoms with E-state index in [2.05, 4.69) is 41.0 Å². The molecule has 35 heavy (non-hydrogen) atoms. The van der Waals surface area contributed by atoms with E-state index in [-0.39, 0.29) is 24.0 Å².